The van der Waals surface area contributed by atoms with Crippen molar-refractivity contribution in [3.05, 3.63) is 102 Å². The van der Waals surface area contributed by atoms with Gasteiger partial charge in [-0.1, -0.05) is 18.2 Å². The second-order valence-corrected chi connectivity index (χ2v) is 7.99. The number of amides is 1. The summed E-state index contributed by atoms with van der Waals surface area (Å²) in [7, 11) is 0. The fraction of sp³-hybridized carbons (Fsp3) is 0.192. The van der Waals surface area contributed by atoms with Crippen LogP contribution in [-0.2, 0) is 19.4 Å². The van der Waals surface area contributed by atoms with Crippen LogP contribution < -0.4 is 10.2 Å². The zero-order chi connectivity index (χ0) is 22.6. The van der Waals surface area contributed by atoms with E-state index in [0.717, 1.165) is 29.8 Å². The number of hydrazone groups is 1. The molecule has 1 aliphatic rings. The summed E-state index contributed by atoms with van der Waals surface area (Å²) in [6.45, 7) is 2.10. The van der Waals surface area contributed by atoms with Crippen molar-refractivity contribution in [3.63, 3.8) is 0 Å². The molecule has 33 heavy (non-hydrogen) atoms. The Kier molecular flexibility index (Phi) is 5.76. The van der Waals surface area contributed by atoms with Crippen LogP contribution in [0.3, 0.4) is 0 Å². The zero-order valence-corrected chi connectivity index (χ0v) is 18.3. The quantitative estimate of drug-likeness (QED) is 0.334. The summed E-state index contributed by atoms with van der Waals surface area (Å²) in [4.78, 5) is 16.5. The molecule has 7 heteroatoms. The first-order chi connectivity index (χ1) is 16.2. The molecule has 166 valence electrons. The molecule has 0 bridgehead atoms. The lowest BCUT2D eigenvalue weighted by atomic mass is 10.1. The third-order valence-corrected chi connectivity index (χ3v) is 5.75. The Hall–Kier alpha value is -4.13. The van der Waals surface area contributed by atoms with Gasteiger partial charge in [0.1, 0.15) is 18.1 Å². The molecule has 0 saturated heterocycles. The summed E-state index contributed by atoms with van der Waals surface area (Å²) >= 11 is 0. The Bertz CT molecular complexity index is 1290. The van der Waals surface area contributed by atoms with Crippen LogP contribution in [0.2, 0.25) is 0 Å². The highest BCUT2D eigenvalue weighted by Gasteiger charge is 2.13. The molecule has 1 aliphatic carbocycles. The molecule has 4 aromatic rings. The van der Waals surface area contributed by atoms with Gasteiger partial charge in [0.15, 0.2) is 5.76 Å². The van der Waals surface area contributed by atoms with Crippen molar-refractivity contribution in [2.75, 3.05) is 0 Å². The minimum atomic E-state index is -0.409. The highest BCUT2D eigenvalue weighted by molar-refractivity contribution is 6.00. The van der Waals surface area contributed by atoms with Gasteiger partial charge in [0.25, 0.3) is 0 Å². The second-order valence-electron chi connectivity index (χ2n) is 7.99. The van der Waals surface area contributed by atoms with Gasteiger partial charge in [-0.2, -0.15) is 5.10 Å². The van der Waals surface area contributed by atoms with Gasteiger partial charge in [-0.05, 0) is 79.3 Å². The normalized spacial score (nSPS) is 13.1. The number of hydrogen-bond acceptors (Lipinski definition) is 5. The molecule has 2 aromatic carbocycles. The number of aryl methyl sites for hydroxylation is 2. The first-order valence-electron chi connectivity index (χ1n) is 10.9. The molecular weight excluding hydrogens is 416 g/mol. The standard InChI is InChI=1S/C26H24N4O3/c1-18(19-5-8-22(9-6-19)30-14-13-27-17-30)28-29-26(31)25-12-11-24(33-25)16-32-23-10-7-20-3-2-4-21(20)15-23/h5-15,17H,2-4,16H2,1H3,(H,29,31)/b28-18-. The largest absolute Gasteiger partial charge is 0.486 e. The molecule has 2 heterocycles. The number of furan rings is 1. The second kappa shape index (κ2) is 9.16. The summed E-state index contributed by atoms with van der Waals surface area (Å²) in [5.41, 5.74) is 7.91. The highest BCUT2D eigenvalue weighted by Crippen LogP contribution is 2.26. The number of nitrogens with one attached hydrogen (secondary N) is 1. The summed E-state index contributed by atoms with van der Waals surface area (Å²) in [6, 6.07) is 17.4. The summed E-state index contributed by atoms with van der Waals surface area (Å²) in [5.74, 6) is 1.18. The maximum Gasteiger partial charge on any atom is 0.307 e. The summed E-state index contributed by atoms with van der Waals surface area (Å²) in [5, 5.41) is 4.21. The number of aromatic nitrogens is 2. The van der Waals surface area contributed by atoms with Crippen molar-refractivity contribution in [1.29, 1.82) is 0 Å². The SMILES string of the molecule is C/C(=N/NC(=O)c1ccc(COc2ccc3c(c2)CCC3)o1)c1ccc(-n2ccnc2)cc1. The number of imidazole rings is 1. The van der Waals surface area contributed by atoms with Gasteiger partial charge < -0.3 is 13.7 Å². The Morgan fingerprint density at radius 1 is 1.12 bits per heavy atom. The fourth-order valence-electron chi connectivity index (χ4n) is 3.91. The third kappa shape index (κ3) is 4.72. The van der Waals surface area contributed by atoms with Gasteiger partial charge in [0.05, 0.1) is 12.0 Å². The predicted octanol–water partition coefficient (Wildman–Crippen LogP) is 4.69. The van der Waals surface area contributed by atoms with Crippen LogP contribution >= 0.6 is 0 Å². The molecule has 5 rings (SSSR count). The summed E-state index contributed by atoms with van der Waals surface area (Å²) < 4.78 is 13.4. The number of ether oxygens (including phenoxy) is 1. The molecule has 0 unspecified atom stereocenters. The van der Waals surface area contributed by atoms with Gasteiger partial charge in [0, 0.05) is 18.1 Å². The average molecular weight is 441 g/mol. The van der Waals surface area contributed by atoms with Crippen molar-refractivity contribution in [2.45, 2.75) is 32.8 Å². The fourth-order valence-corrected chi connectivity index (χ4v) is 3.91. The van der Waals surface area contributed by atoms with E-state index in [2.05, 4.69) is 27.6 Å². The van der Waals surface area contributed by atoms with E-state index in [-0.39, 0.29) is 12.4 Å². The number of carbonyl (C=O) groups excluding carboxylic acids is 1. The van der Waals surface area contributed by atoms with Crippen molar-refractivity contribution in [1.82, 2.24) is 15.0 Å². The van der Waals surface area contributed by atoms with E-state index in [1.807, 2.05) is 48.0 Å². The van der Waals surface area contributed by atoms with Crippen LogP contribution in [-0.4, -0.2) is 21.2 Å². The minimum Gasteiger partial charge on any atom is -0.486 e. The molecular formula is C26H24N4O3. The van der Waals surface area contributed by atoms with E-state index < -0.39 is 5.91 Å². The van der Waals surface area contributed by atoms with Crippen LogP contribution in [0.15, 0.2) is 82.8 Å². The third-order valence-electron chi connectivity index (χ3n) is 5.75. The van der Waals surface area contributed by atoms with Crippen molar-refractivity contribution >= 4 is 11.6 Å². The lowest BCUT2D eigenvalue weighted by molar-refractivity contribution is 0.0923. The molecule has 0 spiro atoms. The van der Waals surface area contributed by atoms with Crippen LogP contribution in [0.1, 0.15) is 46.3 Å². The predicted molar refractivity (Wildman–Crippen MR) is 125 cm³/mol. The van der Waals surface area contributed by atoms with Crippen molar-refractivity contribution < 1.29 is 13.9 Å². The maximum absolute atomic E-state index is 12.4. The topological polar surface area (TPSA) is 81.6 Å². The average Bonchev–Trinajstić information content (AvgIpc) is 3.62. The van der Waals surface area contributed by atoms with Crippen molar-refractivity contribution in [3.8, 4) is 11.4 Å². The van der Waals surface area contributed by atoms with Crippen LogP contribution in [0.5, 0.6) is 5.75 Å². The number of carbonyl (C=O) groups is 1. The molecule has 0 aliphatic heterocycles. The first-order valence-corrected chi connectivity index (χ1v) is 10.9. The van der Waals surface area contributed by atoms with Gasteiger partial charge in [-0.3, -0.25) is 4.79 Å². The molecule has 1 amide bonds. The zero-order valence-electron chi connectivity index (χ0n) is 18.3. The Balaban J connectivity index is 1.17. The van der Waals surface area contributed by atoms with E-state index >= 15 is 0 Å². The van der Waals surface area contributed by atoms with Gasteiger partial charge in [0.2, 0.25) is 0 Å². The molecule has 0 fully saturated rings. The smallest absolute Gasteiger partial charge is 0.307 e. The number of fused-ring (bicyclic) bond motifs is 1. The van der Waals surface area contributed by atoms with E-state index in [1.54, 1.807) is 24.7 Å². The highest BCUT2D eigenvalue weighted by atomic mass is 16.5. The van der Waals surface area contributed by atoms with Crippen LogP contribution in [0, 0.1) is 0 Å². The lowest BCUT2D eigenvalue weighted by Crippen LogP contribution is -2.18. The van der Waals surface area contributed by atoms with Gasteiger partial charge in [-0.25, -0.2) is 10.4 Å². The van der Waals surface area contributed by atoms with Gasteiger partial charge in [-0.15, -0.1) is 0 Å². The number of benzene rings is 2. The molecule has 0 saturated carbocycles. The molecule has 1 N–H and O–H groups in total. The maximum atomic E-state index is 12.4. The van der Waals surface area contributed by atoms with E-state index in [1.165, 1.54) is 17.5 Å². The number of nitrogens with zero attached hydrogens (tertiary/aromatic N) is 3. The lowest BCUT2D eigenvalue weighted by Gasteiger charge is -2.06. The molecule has 2 aromatic heterocycles. The Labute approximate surface area is 191 Å². The van der Waals surface area contributed by atoms with Crippen molar-refractivity contribution in [2.24, 2.45) is 5.10 Å². The van der Waals surface area contributed by atoms with Crippen LogP contribution in [0.4, 0.5) is 0 Å². The number of hydrogen-bond donors (Lipinski definition) is 1. The Morgan fingerprint density at radius 3 is 2.79 bits per heavy atom. The first kappa shape index (κ1) is 20.8. The van der Waals surface area contributed by atoms with E-state index in [4.69, 9.17) is 9.15 Å². The van der Waals surface area contributed by atoms with E-state index in [0.29, 0.717) is 11.5 Å². The minimum absolute atomic E-state index is 0.189. The summed E-state index contributed by atoms with van der Waals surface area (Å²) in [6.07, 6.45) is 8.80. The monoisotopic (exact) mass is 440 g/mol. The molecule has 0 radical (unpaired) electrons. The van der Waals surface area contributed by atoms with Crippen LogP contribution in [0.25, 0.3) is 5.69 Å². The molecule has 7 nitrogen and oxygen atoms in total. The van der Waals surface area contributed by atoms with E-state index in [9.17, 15) is 4.79 Å². The number of rotatable bonds is 7. The Morgan fingerprint density at radius 2 is 1.97 bits per heavy atom. The van der Waals surface area contributed by atoms with Gasteiger partial charge >= 0.3 is 5.91 Å². The molecule has 0 atom stereocenters.